The number of hydrogen-bond donors (Lipinski definition) is 1. The van der Waals surface area contributed by atoms with Gasteiger partial charge in [0.25, 0.3) is 5.91 Å². The third-order valence-electron chi connectivity index (χ3n) is 2.16. The molecule has 0 bridgehead atoms. The molecule has 1 amide bonds. The molecule has 0 atom stereocenters. The predicted molar refractivity (Wildman–Crippen MR) is 68.7 cm³/mol. The van der Waals surface area contributed by atoms with Gasteiger partial charge in [0.05, 0.1) is 3.79 Å². The summed E-state index contributed by atoms with van der Waals surface area (Å²) in [5.74, 6) is 0.0314. The second-order valence-corrected chi connectivity index (χ2v) is 5.96. The summed E-state index contributed by atoms with van der Waals surface area (Å²) in [6.07, 6.45) is 2.18. The van der Waals surface area contributed by atoms with Gasteiger partial charge in [-0.05, 0) is 34.5 Å². The molecule has 0 saturated heterocycles. The van der Waals surface area contributed by atoms with Gasteiger partial charge in [0.1, 0.15) is 19.5 Å². The Hall–Kier alpha value is -1.01. The van der Waals surface area contributed by atoms with E-state index in [0.717, 1.165) is 10.2 Å². The van der Waals surface area contributed by atoms with Crippen LogP contribution in [-0.2, 0) is 20.7 Å². The van der Waals surface area contributed by atoms with Crippen molar-refractivity contribution in [1.29, 1.82) is 0 Å². The number of nitrogens with one attached hydrogen (secondary N) is 1. The van der Waals surface area contributed by atoms with Gasteiger partial charge in [-0.1, -0.05) is 0 Å². The average molecular weight is 318 g/mol. The molecule has 0 aromatic carbocycles. The van der Waals surface area contributed by atoms with Crippen LogP contribution in [-0.4, -0.2) is 25.7 Å². The van der Waals surface area contributed by atoms with Crippen LogP contribution in [0.1, 0.15) is 4.88 Å². The van der Waals surface area contributed by atoms with Crippen molar-refractivity contribution < 1.29 is 14.3 Å². The lowest BCUT2D eigenvalue weighted by Crippen LogP contribution is -2.29. The number of thiophene rings is 1. The van der Waals surface area contributed by atoms with Crippen LogP contribution < -0.4 is 5.32 Å². The topological polar surface area (TPSA) is 47.6 Å². The van der Waals surface area contributed by atoms with Crippen LogP contribution in [0.15, 0.2) is 27.9 Å². The van der Waals surface area contributed by atoms with Gasteiger partial charge in [-0.3, -0.25) is 4.79 Å². The minimum Gasteiger partial charge on any atom is -0.494 e. The Balaban J connectivity index is 1.74. The summed E-state index contributed by atoms with van der Waals surface area (Å²) >= 11 is 5.07. The van der Waals surface area contributed by atoms with Gasteiger partial charge in [-0.15, -0.1) is 11.3 Å². The van der Waals surface area contributed by atoms with Crippen molar-refractivity contribution in [2.24, 2.45) is 0 Å². The zero-order valence-corrected chi connectivity index (χ0v) is 11.5. The summed E-state index contributed by atoms with van der Waals surface area (Å²) < 4.78 is 11.3. The van der Waals surface area contributed by atoms with E-state index in [2.05, 4.69) is 21.2 Å². The molecule has 2 heterocycles. The maximum absolute atomic E-state index is 11.6. The molecule has 0 spiro atoms. The SMILES string of the molecule is O=C(NCCc1ccc(Br)s1)C1=COCCO1. The number of carbonyl (C=O) groups is 1. The van der Waals surface area contributed by atoms with Crippen molar-refractivity contribution in [2.45, 2.75) is 6.42 Å². The van der Waals surface area contributed by atoms with Crippen molar-refractivity contribution in [3.63, 3.8) is 0 Å². The fourth-order valence-corrected chi connectivity index (χ4v) is 2.84. The number of carbonyl (C=O) groups excluding carboxylic acids is 1. The standard InChI is InChI=1S/C11H12BrNO3S/c12-10-2-1-8(17-10)3-4-13-11(14)9-7-15-5-6-16-9/h1-2,7H,3-6H2,(H,13,14). The molecule has 1 N–H and O–H groups in total. The zero-order chi connectivity index (χ0) is 12.1. The number of amides is 1. The van der Waals surface area contributed by atoms with Gasteiger partial charge in [-0.2, -0.15) is 0 Å². The first kappa shape index (κ1) is 12.4. The van der Waals surface area contributed by atoms with E-state index >= 15 is 0 Å². The number of ether oxygens (including phenoxy) is 2. The summed E-state index contributed by atoms with van der Waals surface area (Å²) in [4.78, 5) is 12.8. The summed E-state index contributed by atoms with van der Waals surface area (Å²) in [5.41, 5.74) is 0. The van der Waals surface area contributed by atoms with E-state index in [1.165, 1.54) is 11.1 Å². The molecule has 4 nitrogen and oxygen atoms in total. The van der Waals surface area contributed by atoms with E-state index in [-0.39, 0.29) is 11.7 Å². The monoisotopic (exact) mass is 317 g/mol. The quantitative estimate of drug-likeness (QED) is 0.924. The molecule has 1 aromatic rings. The number of rotatable bonds is 4. The summed E-state index contributed by atoms with van der Waals surface area (Å²) in [6, 6.07) is 4.04. The molecule has 17 heavy (non-hydrogen) atoms. The average Bonchev–Trinajstić information content (AvgIpc) is 2.76. The van der Waals surface area contributed by atoms with E-state index in [9.17, 15) is 4.79 Å². The molecule has 6 heteroatoms. The summed E-state index contributed by atoms with van der Waals surface area (Å²) in [6.45, 7) is 1.52. The van der Waals surface area contributed by atoms with Gasteiger partial charge < -0.3 is 14.8 Å². The number of hydrogen-bond acceptors (Lipinski definition) is 4. The Morgan fingerprint density at radius 3 is 3.00 bits per heavy atom. The molecule has 0 radical (unpaired) electrons. The molecule has 0 fully saturated rings. The van der Waals surface area contributed by atoms with Crippen molar-refractivity contribution in [2.75, 3.05) is 19.8 Å². The molecule has 0 aliphatic carbocycles. The zero-order valence-electron chi connectivity index (χ0n) is 9.07. The highest BCUT2D eigenvalue weighted by molar-refractivity contribution is 9.11. The molecule has 2 rings (SSSR count). The Kier molecular flexibility index (Phi) is 4.44. The van der Waals surface area contributed by atoms with Crippen molar-refractivity contribution in [1.82, 2.24) is 5.32 Å². The molecule has 1 aliphatic rings. The predicted octanol–water partition coefficient (Wildman–Crippen LogP) is 2.06. The summed E-state index contributed by atoms with van der Waals surface area (Å²) in [7, 11) is 0. The number of halogens is 1. The fourth-order valence-electron chi connectivity index (χ4n) is 1.36. The highest BCUT2D eigenvalue weighted by atomic mass is 79.9. The van der Waals surface area contributed by atoms with Crippen LogP contribution in [0.3, 0.4) is 0 Å². The van der Waals surface area contributed by atoms with Crippen LogP contribution in [0.4, 0.5) is 0 Å². The van der Waals surface area contributed by atoms with Crippen LogP contribution in [0, 0.1) is 0 Å². The molecular formula is C11H12BrNO3S. The van der Waals surface area contributed by atoms with E-state index in [1.54, 1.807) is 11.3 Å². The normalized spacial score (nSPS) is 14.5. The third-order valence-corrected chi connectivity index (χ3v) is 3.84. The van der Waals surface area contributed by atoms with E-state index in [4.69, 9.17) is 9.47 Å². The Bertz CT molecular complexity index is 430. The molecule has 0 saturated carbocycles. The van der Waals surface area contributed by atoms with E-state index < -0.39 is 0 Å². The first-order valence-electron chi connectivity index (χ1n) is 5.22. The second-order valence-electron chi connectivity index (χ2n) is 3.41. The molecule has 92 valence electrons. The first-order valence-corrected chi connectivity index (χ1v) is 6.83. The lowest BCUT2D eigenvalue weighted by atomic mass is 10.3. The third kappa shape index (κ3) is 3.74. The van der Waals surface area contributed by atoms with Gasteiger partial charge in [-0.25, -0.2) is 0 Å². The van der Waals surface area contributed by atoms with Crippen molar-refractivity contribution >= 4 is 33.2 Å². The fraction of sp³-hybridized carbons (Fsp3) is 0.364. The molecule has 1 aliphatic heterocycles. The van der Waals surface area contributed by atoms with Crippen LogP contribution in [0.5, 0.6) is 0 Å². The maximum Gasteiger partial charge on any atom is 0.289 e. The Morgan fingerprint density at radius 1 is 1.47 bits per heavy atom. The smallest absolute Gasteiger partial charge is 0.289 e. The summed E-state index contributed by atoms with van der Waals surface area (Å²) in [5, 5.41) is 2.79. The maximum atomic E-state index is 11.6. The van der Waals surface area contributed by atoms with E-state index in [0.29, 0.717) is 19.8 Å². The van der Waals surface area contributed by atoms with Crippen LogP contribution >= 0.6 is 27.3 Å². The molecule has 1 aromatic heterocycles. The Labute approximate surface area is 112 Å². The van der Waals surface area contributed by atoms with Crippen LogP contribution in [0.25, 0.3) is 0 Å². The second kappa shape index (κ2) is 6.07. The van der Waals surface area contributed by atoms with Crippen molar-refractivity contribution in [3.8, 4) is 0 Å². The molecular weight excluding hydrogens is 306 g/mol. The largest absolute Gasteiger partial charge is 0.494 e. The lowest BCUT2D eigenvalue weighted by molar-refractivity contribution is -0.122. The highest BCUT2D eigenvalue weighted by Crippen LogP contribution is 2.22. The van der Waals surface area contributed by atoms with Crippen molar-refractivity contribution in [3.05, 3.63) is 32.8 Å². The van der Waals surface area contributed by atoms with Gasteiger partial charge >= 0.3 is 0 Å². The minimum atomic E-state index is -0.222. The Morgan fingerprint density at radius 2 is 2.35 bits per heavy atom. The van der Waals surface area contributed by atoms with Gasteiger partial charge in [0, 0.05) is 11.4 Å². The highest BCUT2D eigenvalue weighted by Gasteiger charge is 2.14. The van der Waals surface area contributed by atoms with E-state index in [1.807, 2.05) is 12.1 Å². The van der Waals surface area contributed by atoms with Crippen LogP contribution in [0.2, 0.25) is 0 Å². The van der Waals surface area contributed by atoms with Gasteiger partial charge in [0.2, 0.25) is 5.76 Å². The lowest BCUT2D eigenvalue weighted by Gasteiger charge is -2.14. The molecule has 0 unspecified atom stereocenters. The first-order chi connectivity index (χ1) is 8.25. The van der Waals surface area contributed by atoms with Gasteiger partial charge in [0.15, 0.2) is 0 Å². The minimum absolute atomic E-state index is 0.222.